The molecule has 0 saturated heterocycles. The maximum atomic E-state index is 12.5. The first-order chi connectivity index (χ1) is 8.19. The number of benzene rings is 1. The van der Waals surface area contributed by atoms with Gasteiger partial charge in [-0.2, -0.15) is 0 Å². The molecule has 0 amide bonds. The topological polar surface area (TPSA) is 43.1 Å². The van der Waals surface area contributed by atoms with Crippen molar-refractivity contribution in [1.29, 1.82) is 0 Å². The maximum absolute atomic E-state index is 12.5. The van der Waals surface area contributed by atoms with E-state index in [1.54, 1.807) is 0 Å². The van der Waals surface area contributed by atoms with Crippen molar-refractivity contribution in [3.63, 3.8) is 0 Å². The summed E-state index contributed by atoms with van der Waals surface area (Å²) < 4.78 is 0. The smallest absolute Gasteiger partial charge is 0.164 e. The number of Topliss-reactive ketones (excluding diaryl/α,β-unsaturated/α-hetero) is 1. The van der Waals surface area contributed by atoms with Crippen LogP contribution in [-0.2, 0) is 0 Å². The van der Waals surface area contributed by atoms with Gasteiger partial charge in [-0.3, -0.25) is 4.79 Å². The fraction of sp³-hybridized carbons (Fsp3) is 0.562. The molecule has 0 aromatic heterocycles. The summed E-state index contributed by atoms with van der Waals surface area (Å²) in [5.41, 5.74) is 11.1. The van der Waals surface area contributed by atoms with Crippen LogP contribution in [0, 0.1) is 33.1 Å². The first kappa shape index (κ1) is 14.9. The van der Waals surface area contributed by atoms with Crippen molar-refractivity contribution >= 4 is 5.78 Å². The van der Waals surface area contributed by atoms with Crippen LogP contribution in [0.25, 0.3) is 0 Å². The normalized spacial score (nSPS) is 11.7. The van der Waals surface area contributed by atoms with E-state index in [1.807, 2.05) is 27.7 Å². The highest BCUT2D eigenvalue weighted by Crippen LogP contribution is 2.27. The number of hydrogen-bond donors (Lipinski definition) is 1. The largest absolute Gasteiger partial charge is 0.330 e. The van der Waals surface area contributed by atoms with E-state index in [4.69, 9.17) is 5.73 Å². The Kier molecular flexibility index (Phi) is 4.33. The minimum Gasteiger partial charge on any atom is -0.330 e. The molecule has 0 atom stereocenters. The summed E-state index contributed by atoms with van der Waals surface area (Å²) in [6.07, 6.45) is 0.508. The van der Waals surface area contributed by atoms with Crippen LogP contribution in [-0.4, -0.2) is 12.3 Å². The Hall–Kier alpha value is -1.15. The predicted molar refractivity (Wildman–Crippen MR) is 77.2 cm³/mol. The molecule has 100 valence electrons. The maximum Gasteiger partial charge on any atom is 0.164 e. The van der Waals surface area contributed by atoms with Crippen molar-refractivity contribution in [2.75, 3.05) is 6.54 Å². The molecule has 0 fully saturated rings. The van der Waals surface area contributed by atoms with Crippen molar-refractivity contribution in [2.45, 2.75) is 48.0 Å². The van der Waals surface area contributed by atoms with Gasteiger partial charge in [0.05, 0.1) is 0 Å². The highest BCUT2D eigenvalue weighted by molar-refractivity contribution is 5.99. The molecule has 0 unspecified atom stereocenters. The van der Waals surface area contributed by atoms with Gasteiger partial charge < -0.3 is 5.73 Å². The van der Waals surface area contributed by atoms with Crippen LogP contribution in [0.2, 0.25) is 0 Å². The molecule has 0 spiro atoms. The van der Waals surface area contributed by atoms with E-state index in [0.717, 1.165) is 16.7 Å². The summed E-state index contributed by atoms with van der Waals surface area (Å²) in [4.78, 5) is 12.5. The van der Waals surface area contributed by atoms with Crippen molar-refractivity contribution in [3.8, 4) is 0 Å². The molecular weight excluding hydrogens is 222 g/mol. The van der Waals surface area contributed by atoms with Crippen LogP contribution in [0.1, 0.15) is 52.9 Å². The summed E-state index contributed by atoms with van der Waals surface area (Å²) in [7, 11) is 0. The zero-order valence-corrected chi connectivity index (χ0v) is 12.5. The van der Waals surface area contributed by atoms with Crippen LogP contribution >= 0.6 is 0 Å². The molecule has 0 aliphatic heterocycles. The number of aryl methyl sites for hydroxylation is 2. The van der Waals surface area contributed by atoms with E-state index in [2.05, 4.69) is 19.9 Å². The lowest BCUT2D eigenvalue weighted by Crippen LogP contribution is -2.27. The van der Waals surface area contributed by atoms with Crippen molar-refractivity contribution in [2.24, 2.45) is 11.1 Å². The second-order valence-corrected chi connectivity index (χ2v) is 6.10. The van der Waals surface area contributed by atoms with Gasteiger partial charge in [0.2, 0.25) is 0 Å². The molecule has 1 aromatic carbocycles. The summed E-state index contributed by atoms with van der Waals surface area (Å²) in [5, 5.41) is 0. The van der Waals surface area contributed by atoms with Gasteiger partial charge in [-0.15, -0.1) is 0 Å². The fourth-order valence-electron chi connectivity index (χ4n) is 2.23. The van der Waals surface area contributed by atoms with Gasteiger partial charge in [0, 0.05) is 12.0 Å². The molecule has 1 rings (SSSR count). The lowest BCUT2D eigenvalue weighted by molar-refractivity contribution is 0.0933. The van der Waals surface area contributed by atoms with Gasteiger partial charge in [0.1, 0.15) is 0 Å². The van der Waals surface area contributed by atoms with Crippen molar-refractivity contribution in [1.82, 2.24) is 0 Å². The molecule has 2 heteroatoms. The SMILES string of the molecule is Cc1cc(C)c(C)c(C(=O)CC(C)(C)CN)c1C. The fourth-order valence-corrected chi connectivity index (χ4v) is 2.23. The summed E-state index contributed by atoms with van der Waals surface area (Å²) in [6.45, 7) is 12.8. The molecule has 0 aliphatic rings. The monoisotopic (exact) mass is 247 g/mol. The Balaban J connectivity index is 3.22. The van der Waals surface area contributed by atoms with Gasteiger partial charge in [-0.05, 0) is 61.9 Å². The van der Waals surface area contributed by atoms with E-state index in [1.165, 1.54) is 11.1 Å². The number of hydrogen-bond acceptors (Lipinski definition) is 2. The van der Waals surface area contributed by atoms with Gasteiger partial charge in [0.25, 0.3) is 0 Å². The average molecular weight is 247 g/mol. The molecule has 18 heavy (non-hydrogen) atoms. The molecule has 0 aliphatic carbocycles. The van der Waals surface area contributed by atoms with Crippen molar-refractivity contribution in [3.05, 3.63) is 33.9 Å². The van der Waals surface area contributed by atoms with E-state index in [0.29, 0.717) is 13.0 Å². The van der Waals surface area contributed by atoms with Gasteiger partial charge in [-0.1, -0.05) is 19.9 Å². The van der Waals surface area contributed by atoms with E-state index >= 15 is 0 Å². The minimum atomic E-state index is -0.131. The Morgan fingerprint density at radius 2 is 1.56 bits per heavy atom. The highest BCUT2D eigenvalue weighted by atomic mass is 16.1. The lowest BCUT2D eigenvalue weighted by Gasteiger charge is -2.23. The number of rotatable bonds is 4. The zero-order chi connectivity index (χ0) is 14.1. The van der Waals surface area contributed by atoms with Crippen LogP contribution in [0.3, 0.4) is 0 Å². The quantitative estimate of drug-likeness (QED) is 0.828. The second-order valence-electron chi connectivity index (χ2n) is 6.10. The molecule has 2 N–H and O–H groups in total. The van der Waals surface area contributed by atoms with E-state index in [-0.39, 0.29) is 11.2 Å². The lowest BCUT2D eigenvalue weighted by atomic mass is 9.82. The third kappa shape index (κ3) is 2.99. The number of carbonyl (C=O) groups is 1. The molecule has 1 aromatic rings. The molecular formula is C16H25NO. The van der Waals surface area contributed by atoms with E-state index in [9.17, 15) is 4.79 Å². The molecule has 0 heterocycles. The number of nitrogens with two attached hydrogens (primary N) is 1. The number of carbonyl (C=O) groups excluding carboxylic acids is 1. The highest BCUT2D eigenvalue weighted by Gasteiger charge is 2.24. The summed E-state index contributed by atoms with van der Waals surface area (Å²) in [5.74, 6) is 0.215. The van der Waals surface area contributed by atoms with E-state index < -0.39 is 0 Å². The Labute approximate surface area is 111 Å². The van der Waals surface area contributed by atoms with Crippen LogP contribution in [0.4, 0.5) is 0 Å². The van der Waals surface area contributed by atoms with Gasteiger partial charge >= 0.3 is 0 Å². The van der Waals surface area contributed by atoms with Crippen LogP contribution in [0.5, 0.6) is 0 Å². The Morgan fingerprint density at radius 1 is 1.11 bits per heavy atom. The average Bonchev–Trinajstić information content (AvgIpc) is 2.26. The van der Waals surface area contributed by atoms with Gasteiger partial charge in [0.15, 0.2) is 5.78 Å². The Morgan fingerprint density at radius 3 is 1.94 bits per heavy atom. The predicted octanol–water partition coefficient (Wildman–Crippen LogP) is 3.48. The molecule has 0 radical (unpaired) electrons. The first-order valence-corrected chi connectivity index (χ1v) is 6.50. The summed E-state index contributed by atoms with van der Waals surface area (Å²) >= 11 is 0. The standard InChI is InChI=1S/C16H25NO/c1-10-7-11(2)13(4)15(12(10)3)14(18)8-16(5,6)9-17/h7H,8-9,17H2,1-6H3. The molecule has 0 bridgehead atoms. The minimum absolute atomic E-state index is 0.131. The zero-order valence-electron chi connectivity index (χ0n) is 12.5. The number of ketones is 1. The third-order valence-corrected chi connectivity index (χ3v) is 3.84. The molecule has 0 saturated carbocycles. The van der Waals surface area contributed by atoms with Crippen LogP contribution in [0.15, 0.2) is 6.07 Å². The van der Waals surface area contributed by atoms with Crippen molar-refractivity contribution < 1.29 is 4.79 Å². The Bertz CT molecular complexity index is 446. The third-order valence-electron chi connectivity index (χ3n) is 3.84. The first-order valence-electron chi connectivity index (χ1n) is 6.50. The summed E-state index contributed by atoms with van der Waals surface area (Å²) in [6, 6.07) is 2.15. The second kappa shape index (κ2) is 5.23. The van der Waals surface area contributed by atoms with Crippen LogP contribution < -0.4 is 5.73 Å². The molecule has 2 nitrogen and oxygen atoms in total. The van der Waals surface area contributed by atoms with Gasteiger partial charge in [-0.25, -0.2) is 0 Å².